The molecule has 116 valence electrons. The molecule has 22 heavy (non-hydrogen) atoms. The number of cyclic esters (lactones) is 1. The fourth-order valence-electron chi connectivity index (χ4n) is 2.98. The van der Waals surface area contributed by atoms with E-state index in [4.69, 9.17) is 4.74 Å². The summed E-state index contributed by atoms with van der Waals surface area (Å²) in [5.74, 6) is -0.704. The maximum absolute atomic E-state index is 12.6. The largest absolute Gasteiger partial charge is 0.447 e. The van der Waals surface area contributed by atoms with E-state index >= 15 is 0 Å². The minimum absolute atomic E-state index is 0.199. The van der Waals surface area contributed by atoms with Crippen molar-refractivity contribution in [3.63, 3.8) is 0 Å². The molecule has 1 saturated heterocycles. The molecule has 3 rings (SSSR count). The van der Waals surface area contributed by atoms with E-state index in [9.17, 15) is 14.7 Å². The summed E-state index contributed by atoms with van der Waals surface area (Å²) in [6.45, 7) is 0.214. The molecule has 1 heterocycles. The van der Waals surface area contributed by atoms with Gasteiger partial charge in [0.2, 0.25) is 5.91 Å². The highest BCUT2D eigenvalue weighted by Gasteiger charge is 2.44. The summed E-state index contributed by atoms with van der Waals surface area (Å²) >= 11 is 0. The first-order valence-electron chi connectivity index (χ1n) is 7.79. The van der Waals surface area contributed by atoms with Crippen molar-refractivity contribution in [2.45, 2.75) is 37.2 Å². The van der Waals surface area contributed by atoms with Gasteiger partial charge in [0.1, 0.15) is 14.5 Å². The molecule has 2 amide bonds. The summed E-state index contributed by atoms with van der Waals surface area (Å²) in [6.07, 6.45) is 1.22. The Morgan fingerprint density at radius 1 is 1.36 bits per heavy atom. The quantitative estimate of drug-likeness (QED) is 0.816. The summed E-state index contributed by atoms with van der Waals surface area (Å²) in [5, 5.41) is 10.2. The molecule has 0 radical (unpaired) electrons. The topological polar surface area (TPSA) is 66.8 Å². The molecule has 3 atom stereocenters. The highest BCUT2D eigenvalue weighted by Crippen LogP contribution is 2.37. The number of imide groups is 1. The summed E-state index contributed by atoms with van der Waals surface area (Å²) in [7, 11) is 1.69. The van der Waals surface area contributed by atoms with Crippen LogP contribution < -0.4 is 0 Å². The lowest BCUT2D eigenvalue weighted by molar-refractivity contribution is -0.131. The van der Waals surface area contributed by atoms with E-state index in [2.05, 4.69) is 0 Å². The van der Waals surface area contributed by atoms with Gasteiger partial charge in [-0.2, -0.15) is 0 Å². The number of amides is 2. The van der Waals surface area contributed by atoms with E-state index < -0.39 is 18.0 Å². The molecule has 0 aromatic heterocycles. The van der Waals surface area contributed by atoms with E-state index in [0.717, 1.165) is 18.4 Å². The maximum Gasteiger partial charge on any atom is 0.416 e. The Balaban J connectivity index is 1.71. The van der Waals surface area contributed by atoms with Crippen LogP contribution in [-0.2, 0) is 16.0 Å². The molecular formula is C16H20BNO4. The van der Waals surface area contributed by atoms with E-state index in [1.807, 2.05) is 30.3 Å². The molecule has 1 aromatic rings. The number of aliphatic hydroxyl groups is 1. The van der Waals surface area contributed by atoms with Crippen LogP contribution in [0.25, 0.3) is 0 Å². The Bertz CT molecular complexity index is 561. The van der Waals surface area contributed by atoms with Gasteiger partial charge in [-0.25, -0.2) is 9.69 Å². The summed E-state index contributed by atoms with van der Waals surface area (Å²) in [6, 6.07) is 9.42. The van der Waals surface area contributed by atoms with Gasteiger partial charge in [0.15, 0.2) is 0 Å². The van der Waals surface area contributed by atoms with E-state index in [1.165, 1.54) is 4.90 Å². The highest BCUT2D eigenvalue weighted by atomic mass is 16.6. The molecule has 6 heteroatoms. The van der Waals surface area contributed by atoms with Gasteiger partial charge in [-0.1, -0.05) is 30.3 Å². The molecule has 2 aliphatic rings. The predicted octanol–water partition coefficient (Wildman–Crippen LogP) is 0.769. The Hall–Kier alpha value is -1.82. The van der Waals surface area contributed by atoms with Gasteiger partial charge in [0.05, 0.1) is 12.1 Å². The van der Waals surface area contributed by atoms with Crippen molar-refractivity contribution in [3.8, 4) is 0 Å². The van der Waals surface area contributed by atoms with Crippen LogP contribution in [-0.4, -0.2) is 48.6 Å². The fraction of sp³-hybridized carbons (Fsp3) is 0.500. The molecule has 1 aliphatic heterocycles. The van der Waals surface area contributed by atoms with Crippen molar-refractivity contribution >= 4 is 19.8 Å². The average molecular weight is 301 g/mol. The van der Waals surface area contributed by atoms with Crippen molar-refractivity contribution in [2.24, 2.45) is 5.92 Å². The molecule has 1 N–H and O–H groups in total. The predicted molar refractivity (Wildman–Crippen MR) is 83.2 cm³/mol. The van der Waals surface area contributed by atoms with Crippen LogP contribution in [0.1, 0.15) is 18.4 Å². The number of rotatable bonds is 5. The number of hydrogen-bond donors (Lipinski definition) is 1. The molecule has 1 aromatic carbocycles. The van der Waals surface area contributed by atoms with Crippen LogP contribution in [0.15, 0.2) is 30.3 Å². The average Bonchev–Trinajstić information content (AvgIpc) is 3.31. The first-order valence-corrected chi connectivity index (χ1v) is 7.79. The second kappa shape index (κ2) is 6.12. The Morgan fingerprint density at radius 3 is 2.68 bits per heavy atom. The number of hydrogen-bond acceptors (Lipinski definition) is 4. The molecular weight excluding hydrogens is 281 g/mol. The standard InChI is InChI=1S/C16H20BNO4/c17-13(14(19)11-6-7-11)15(20)18-12(9-22-16(18)21)8-10-4-2-1-3-5-10/h1-5,11-14,19H,6-9,17H2/t12-,13-,14+/m0/s1. The Labute approximate surface area is 130 Å². The molecule has 1 saturated carbocycles. The van der Waals surface area contributed by atoms with Crippen LogP contribution in [0, 0.1) is 5.92 Å². The lowest BCUT2D eigenvalue weighted by atomic mass is 9.79. The number of carbonyl (C=O) groups excluding carboxylic acids is 2. The SMILES string of the molecule is B[C@H](C(=O)N1C(=O)OC[C@@H]1Cc1ccccc1)[C@H](O)C1CC1. The smallest absolute Gasteiger partial charge is 0.416 e. The van der Waals surface area contributed by atoms with Crippen molar-refractivity contribution in [3.05, 3.63) is 35.9 Å². The third-order valence-corrected chi connectivity index (χ3v) is 4.52. The van der Waals surface area contributed by atoms with E-state index in [0.29, 0.717) is 6.42 Å². The van der Waals surface area contributed by atoms with Gasteiger partial charge in [-0.05, 0) is 30.7 Å². The van der Waals surface area contributed by atoms with Gasteiger partial charge in [-0.15, -0.1) is 0 Å². The lowest BCUT2D eigenvalue weighted by Crippen LogP contribution is -2.44. The summed E-state index contributed by atoms with van der Waals surface area (Å²) in [4.78, 5) is 25.7. The molecule has 1 aliphatic carbocycles. The zero-order chi connectivity index (χ0) is 15.7. The number of carbonyl (C=O) groups is 2. The Morgan fingerprint density at radius 2 is 2.05 bits per heavy atom. The van der Waals surface area contributed by atoms with Crippen LogP contribution in [0.3, 0.4) is 0 Å². The van der Waals surface area contributed by atoms with Crippen LogP contribution in [0.4, 0.5) is 4.79 Å². The first kappa shape index (κ1) is 15.1. The molecule has 0 unspecified atom stereocenters. The zero-order valence-corrected chi connectivity index (χ0v) is 12.6. The van der Waals surface area contributed by atoms with Crippen LogP contribution >= 0.6 is 0 Å². The zero-order valence-electron chi connectivity index (χ0n) is 12.6. The summed E-state index contributed by atoms with van der Waals surface area (Å²) < 4.78 is 5.06. The second-order valence-electron chi connectivity index (χ2n) is 6.25. The van der Waals surface area contributed by atoms with Crippen LogP contribution in [0.2, 0.25) is 5.82 Å². The second-order valence-corrected chi connectivity index (χ2v) is 6.25. The normalized spacial score (nSPS) is 24.0. The summed E-state index contributed by atoms with van der Waals surface area (Å²) in [5.41, 5.74) is 1.05. The number of nitrogens with zero attached hydrogens (tertiary/aromatic N) is 1. The van der Waals surface area contributed by atoms with E-state index in [1.54, 1.807) is 7.85 Å². The molecule has 2 fully saturated rings. The number of benzene rings is 1. The number of ether oxygens (including phenoxy) is 1. The maximum atomic E-state index is 12.6. The third-order valence-electron chi connectivity index (χ3n) is 4.52. The first-order chi connectivity index (χ1) is 10.6. The van der Waals surface area contributed by atoms with Crippen molar-refractivity contribution in [2.75, 3.05) is 6.61 Å². The van der Waals surface area contributed by atoms with Gasteiger partial charge in [0.25, 0.3) is 0 Å². The third kappa shape index (κ3) is 3.02. The fourth-order valence-corrected chi connectivity index (χ4v) is 2.98. The Kier molecular flexibility index (Phi) is 4.20. The van der Waals surface area contributed by atoms with Crippen LogP contribution in [0.5, 0.6) is 0 Å². The van der Waals surface area contributed by atoms with Crippen molar-refractivity contribution in [1.29, 1.82) is 0 Å². The number of aliphatic hydroxyl groups excluding tert-OH is 1. The van der Waals surface area contributed by atoms with Gasteiger partial charge in [-0.3, -0.25) is 4.79 Å². The van der Waals surface area contributed by atoms with Crippen molar-refractivity contribution in [1.82, 2.24) is 4.90 Å². The monoisotopic (exact) mass is 301 g/mol. The van der Waals surface area contributed by atoms with Gasteiger partial charge < -0.3 is 9.84 Å². The van der Waals surface area contributed by atoms with E-state index in [-0.39, 0.29) is 24.5 Å². The van der Waals surface area contributed by atoms with Gasteiger partial charge in [0, 0.05) is 5.82 Å². The molecule has 5 nitrogen and oxygen atoms in total. The minimum Gasteiger partial charge on any atom is -0.447 e. The highest BCUT2D eigenvalue weighted by molar-refractivity contribution is 6.25. The minimum atomic E-state index is -0.668. The molecule has 0 bridgehead atoms. The van der Waals surface area contributed by atoms with Gasteiger partial charge >= 0.3 is 6.09 Å². The lowest BCUT2D eigenvalue weighted by Gasteiger charge is -2.25. The molecule has 0 spiro atoms. The van der Waals surface area contributed by atoms with Crippen molar-refractivity contribution < 1.29 is 19.4 Å².